The third-order valence-corrected chi connectivity index (χ3v) is 4.80. The molecule has 0 radical (unpaired) electrons. The van der Waals surface area contributed by atoms with Crippen molar-refractivity contribution in [2.45, 2.75) is 12.6 Å². The monoisotopic (exact) mass is 397 g/mol. The standard InChI is InChI=1S/C22H24FN3O3/c1-27-20-7-5-19(6-8-20)26-14-17(12-24-13-21-15-28-9-10-29-21)22(25-26)16-3-2-4-18(23)11-16/h2-8,11,14,21,24H,9-10,12-13,15H2,1H3/t21-/m1/s1. The Hall–Kier alpha value is -2.74. The van der Waals surface area contributed by atoms with Crippen LogP contribution in [0.15, 0.2) is 54.7 Å². The summed E-state index contributed by atoms with van der Waals surface area (Å²) in [5, 5.41) is 8.13. The Morgan fingerprint density at radius 3 is 2.79 bits per heavy atom. The highest BCUT2D eigenvalue weighted by Gasteiger charge is 2.16. The van der Waals surface area contributed by atoms with E-state index in [1.54, 1.807) is 17.9 Å². The molecule has 0 saturated carbocycles. The predicted molar refractivity (Wildman–Crippen MR) is 108 cm³/mol. The molecule has 3 aromatic rings. The molecular formula is C22H24FN3O3. The second kappa shape index (κ2) is 9.17. The van der Waals surface area contributed by atoms with E-state index in [1.807, 2.05) is 36.5 Å². The Morgan fingerprint density at radius 1 is 1.21 bits per heavy atom. The maximum Gasteiger partial charge on any atom is 0.123 e. The fourth-order valence-corrected chi connectivity index (χ4v) is 3.31. The molecule has 1 aliphatic rings. The van der Waals surface area contributed by atoms with Gasteiger partial charge in [0, 0.05) is 30.4 Å². The van der Waals surface area contributed by atoms with Gasteiger partial charge in [-0.15, -0.1) is 0 Å². The molecule has 1 atom stereocenters. The van der Waals surface area contributed by atoms with Crippen LogP contribution in [0.4, 0.5) is 4.39 Å². The molecule has 1 saturated heterocycles. The molecule has 7 heteroatoms. The predicted octanol–water partition coefficient (Wildman–Crippen LogP) is 3.19. The number of halogens is 1. The normalized spacial score (nSPS) is 16.7. The SMILES string of the molecule is COc1ccc(-n2cc(CNC[C@@H]3COCCO3)c(-c3cccc(F)c3)n2)cc1. The van der Waals surface area contributed by atoms with Gasteiger partial charge in [-0.2, -0.15) is 5.10 Å². The van der Waals surface area contributed by atoms with Crippen LogP contribution in [0.25, 0.3) is 16.9 Å². The van der Waals surface area contributed by atoms with Crippen molar-refractivity contribution < 1.29 is 18.6 Å². The van der Waals surface area contributed by atoms with Gasteiger partial charge in [0.2, 0.25) is 0 Å². The summed E-state index contributed by atoms with van der Waals surface area (Å²) in [6.07, 6.45) is 2.01. The molecule has 1 aliphatic heterocycles. The maximum absolute atomic E-state index is 13.8. The second-order valence-corrected chi connectivity index (χ2v) is 6.85. The molecular weight excluding hydrogens is 373 g/mol. The van der Waals surface area contributed by atoms with Crippen LogP contribution in [0.1, 0.15) is 5.56 Å². The first-order chi connectivity index (χ1) is 14.2. The molecule has 0 bridgehead atoms. The molecule has 2 heterocycles. The van der Waals surface area contributed by atoms with E-state index in [2.05, 4.69) is 5.32 Å². The van der Waals surface area contributed by atoms with E-state index in [0.717, 1.165) is 28.3 Å². The fourth-order valence-electron chi connectivity index (χ4n) is 3.31. The van der Waals surface area contributed by atoms with Gasteiger partial charge >= 0.3 is 0 Å². The minimum atomic E-state index is -0.284. The number of methoxy groups -OCH3 is 1. The van der Waals surface area contributed by atoms with E-state index >= 15 is 0 Å². The highest BCUT2D eigenvalue weighted by Crippen LogP contribution is 2.25. The van der Waals surface area contributed by atoms with Crippen molar-refractivity contribution in [2.24, 2.45) is 0 Å². The smallest absolute Gasteiger partial charge is 0.123 e. The summed E-state index contributed by atoms with van der Waals surface area (Å²) in [6, 6.07) is 14.1. The van der Waals surface area contributed by atoms with E-state index in [1.165, 1.54) is 12.1 Å². The molecule has 2 aromatic carbocycles. The van der Waals surface area contributed by atoms with Gasteiger partial charge in [0.1, 0.15) is 11.6 Å². The molecule has 0 spiro atoms. The summed E-state index contributed by atoms with van der Waals surface area (Å²) in [7, 11) is 1.63. The van der Waals surface area contributed by atoms with Gasteiger partial charge in [-0.3, -0.25) is 0 Å². The number of rotatable bonds is 7. The van der Waals surface area contributed by atoms with E-state index in [4.69, 9.17) is 19.3 Å². The third kappa shape index (κ3) is 4.82. The average Bonchev–Trinajstić information content (AvgIpc) is 3.19. The maximum atomic E-state index is 13.8. The van der Waals surface area contributed by atoms with Gasteiger partial charge in [0.25, 0.3) is 0 Å². The molecule has 4 rings (SSSR count). The van der Waals surface area contributed by atoms with Crippen LogP contribution in [0.5, 0.6) is 5.75 Å². The number of hydrogen-bond acceptors (Lipinski definition) is 5. The van der Waals surface area contributed by atoms with Crippen molar-refractivity contribution in [3.63, 3.8) is 0 Å². The van der Waals surface area contributed by atoms with Crippen LogP contribution >= 0.6 is 0 Å². The molecule has 6 nitrogen and oxygen atoms in total. The lowest BCUT2D eigenvalue weighted by molar-refractivity contribution is -0.0864. The van der Waals surface area contributed by atoms with E-state index < -0.39 is 0 Å². The largest absolute Gasteiger partial charge is 0.497 e. The lowest BCUT2D eigenvalue weighted by atomic mass is 10.1. The van der Waals surface area contributed by atoms with Crippen LogP contribution in [0.2, 0.25) is 0 Å². The zero-order valence-corrected chi connectivity index (χ0v) is 16.3. The number of nitrogens with zero attached hydrogens (tertiary/aromatic N) is 2. The zero-order valence-electron chi connectivity index (χ0n) is 16.3. The molecule has 1 aromatic heterocycles. The van der Waals surface area contributed by atoms with E-state index in [-0.39, 0.29) is 11.9 Å². The molecule has 0 aliphatic carbocycles. The number of hydrogen-bond donors (Lipinski definition) is 1. The van der Waals surface area contributed by atoms with Crippen LogP contribution in [0, 0.1) is 5.82 Å². The summed E-state index contributed by atoms with van der Waals surface area (Å²) >= 11 is 0. The molecule has 1 fully saturated rings. The van der Waals surface area contributed by atoms with Gasteiger partial charge < -0.3 is 19.5 Å². The van der Waals surface area contributed by atoms with Crippen LogP contribution in [-0.2, 0) is 16.0 Å². The fraction of sp³-hybridized carbons (Fsp3) is 0.318. The second-order valence-electron chi connectivity index (χ2n) is 6.85. The Balaban J connectivity index is 1.57. The van der Waals surface area contributed by atoms with Crippen LogP contribution in [-0.4, -0.2) is 49.4 Å². The molecule has 0 amide bonds. The highest BCUT2D eigenvalue weighted by atomic mass is 19.1. The number of nitrogens with one attached hydrogen (secondary N) is 1. The first-order valence-corrected chi connectivity index (χ1v) is 9.62. The van der Waals surface area contributed by atoms with Crippen molar-refractivity contribution in [1.82, 2.24) is 15.1 Å². The molecule has 29 heavy (non-hydrogen) atoms. The minimum Gasteiger partial charge on any atom is -0.497 e. The molecule has 1 N–H and O–H groups in total. The molecule has 0 unspecified atom stereocenters. The van der Waals surface area contributed by atoms with Crippen molar-refractivity contribution >= 4 is 0 Å². The van der Waals surface area contributed by atoms with Gasteiger partial charge in [-0.25, -0.2) is 9.07 Å². The summed E-state index contributed by atoms with van der Waals surface area (Å²) in [5.74, 6) is 0.496. The Bertz CT molecular complexity index is 937. The van der Waals surface area contributed by atoms with E-state index in [9.17, 15) is 4.39 Å². The van der Waals surface area contributed by atoms with Crippen molar-refractivity contribution in [3.05, 3.63) is 66.1 Å². The van der Waals surface area contributed by atoms with Crippen LogP contribution in [0.3, 0.4) is 0 Å². The van der Waals surface area contributed by atoms with Crippen LogP contribution < -0.4 is 10.1 Å². The molecule has 152 valence electrons. The first-order valence-electron chi connectivity index (χ1n) is 9.62. The quantitative estimate of drug-likeness (QED) is 0.664. The summed E-state index contributed by atoms with van der Waals surface area (Å²) in [4.78, 5) is 0. The minimum absolute atomic E-state index is 0.0398. The van der Waals surface area contributed by atoms with Crippen molar-refractivity contribution in [2.75, 3.05) is 33.5 Å². The third-order valence-electron chi connectivity index (χ3n) is 4.80. The Labute approximate surface area is 169 Å². The lowest BCUT2D eigenvalue weighted by Crippen LogP contribution is -2.37. The number of benzene rings is 2. The van der Waals surface area contributed by atoms with E-state index in [0.29, 0.717) is 32.9 Å². The van der Waals surface area contributed by atoms with Gasteiger partial charge in [-0.1, -0.05) is 12.1 Å². The van der Waals surface area contributed by atoms with Gasteiger partial charge in [0.15, 0.2) is 0 Å². The average molecular weight is 397 g/mol. The topological polar surface area (TPSA) is 57.5 Å². The first kappa shape index (κ1) is 19.6. The van der Waals surface area contributed by atoms with Gasteiger partial charge in [-0.05, 0) is 36.4 Å². The zero-order chi connectivity index (χ0) is 20.1. The van der Waals surface area contributed by atoms with Crippen molar-refractivity contribution in [1.29, 1.82) is 0 Å². The summed E-state index contributed by atoms with van der Waals surface area (Å²) < 4.78 is 31.9. The summed E-state index contributed by atoms with van der Waals surface area (Å²) in [6.45, 7) is 3.12. The van der Waals surface area contributed by atoms with Gasteiger partial charge in [0.05, 0.1) is 44.4 Å². The summed E-state index contributed by atoms with van der Waals surface area (Å²) in [5.41, 5.74) is 3.36. The lowest BCUT2D eigenvalue weighted by Gasteiger charge is -2.23. The Kier molecular flexibility index (Phi) is 6.19. The number of aromatic nitrogens is 2. The Morgan fingerprint density at radius 2 is 2.07 bits per heavy atom. The van der Waals surface area contributed by atoms with Crippen molar-refractivity contribution in [3.8, 4) is 22.7 Å². The highest BCUT2D eigenvalue weighted by molar-refractivity contribution is 5.63. The number of ether oxygens (including phenoxy) is 3.